The van der Waals surface area contributed by atoms with E-state index in [9.17, 15) is 4.79 Å². The summed E-state index contributed by atoms with van der Waals surface area (Å²) >= 11 is 0. The van der Waals surface area contributed by atoms with Gasteiger partial charge in [0, 0.05) is 19.7 Å². The number of halogens is 1. The molecule has 1 aliphatic rings. The number of carbonyl (C=O) groups is 1. The summed E-state index contributed by atoms with van der Waals surface area (Å²) in [6, 6.07) is 10.0. The zero-order valence-corrected chi connectivity index (χ0v) is 13.3. The van der Waals surface area contributed by atoms with Crippen LogP contribution in [0.4, 0.5) is 0 Å². The third-order valence-electron chi connectivity index (χ3n) is 3.64. The predicted octanol–water partition coefficient (Wildman–Crippen LogP) is 2.30. The minimum Gasteiger partial charge on any atom is -0.373 e. The average Bonchev–Trinajstić information content (AvgIpc) is 2.52. The van der Waals surface area contributed by atoms with E-state index in [2.05, 4.69) is 17.6 Å². The number of rotatable bonds is 6. The van der Waals surface area contributed by atoms with Gasteiger partial charge in [-0.05, 0) is 24.9 Å². The van der Waals surface area contributed by atoms with Crippen molar-refractivity contribution in [2.24, 2.45) is 5.92 Å². The number of benzene rings is 1. The molecule has 1 heterocycles. The zero-order chi connectivity index (χ0) is 14.2. The number of carbonyl (C=O) groups excluding carboxylic acids is 1. The molecular formula is C16H25ClN2O2. The van der Waals surface area contributed by atoms with Crippen LogP contribution in [-0.2, 0) is 9.53 Å². The minimum absolute atomic E-state index is 0. The van der Waals surface area contributed by atoms with Gasteiger partial charge in [0.1, 0.15) is 0 Å². The first-order valence-corrected chi connectivity index (χ1v) is 7.48. The molecule has 1 aromatic carbocycles. The topological polar surface area (TPSA) is 50.4 Å². The Hall–Kier alpha value is -1.10. The third kappa shape index (κ3) is 5.30. The molecule has 1 saturated heterocycles. The van der Waals surface area contributed by atoms with Gasteiger partial charge in [0.25, 0.3) is 0 Å². The first-order chi connectivity index (χ1) is 9.83. The van der Waals surface area contributed by atoms with Gasteiger partial charge in [-0.1, -0.05) is 37.3 Å². The number of nitrogens with one attached hydrogen (secondary N) is 2. The Balaban J connectivity index is 0.00000220. The van der Waals surface area contributed by atoms with Crippen molar-refractivity contribution in [3.63, 3.8) is 0 Å². The van der Waals surface area contributed by atoms with Crippen LogP contribution >= 0.6 is 12.4 Å². The quantitative estimate of drug-likeness (QED) is 0.793. The van der Waals surface area contributed by atoms with Crippen LogP contribution in [0.25, 0.3) is 0 Å². The minimum atomic E-state index is -0.107. The largest absolute Gasteiger partial charge is 0.373 e. The van der Waals surface area contributed by atoms with E-state index in [0.29, 0.717) is 6.54 Å². The molecule has 1 aliphatic heterocycles. The second kappa shape index (κ2) is 9.77. The molecule has 0 spiro atoms. The van der Waals surface area contributed by atoms with Crippen molar-refractivity contribution in [1.82, 2.24) is 10.6 Å². The maximum Gasteiger partial charge on any atom is 0.226 e. The summed E-state index contributed by atoms with van der Waals surface area (Å²) in [6.07, 6.45) is 1.74. The van der Waals surface area contributed by atoms with E-state index in [1.54, 1.807) is 0 Å². The lowest BCUT2D eigenvalue weighted by atomic mass is 9.89. The summed E-state index contributed by atoms with van der Waals surface area (Å²) in [6.45, 7) is 5.20. The van der Waals surface area contributed by atoms with E-state index < -0.39 is 0 Å². The Labute approximate surface area is 133 Å². The van der Waals surface area contributed by atoms with Gasteiger partial charge in [-0.15, -0.1) is 12.4 Å². The van der Waals surface area contributed by atoms with Crippen LogP contribution in [0.1, 0.15) is 31.4 Å². The molecule has 2 unspecified atom stereocenters. The van der Waals surface area contributed by atoms with Gasteiger partial charge >= 0.3 is 0 Å². The van der Waals surface area contributed by atoms with Gasteiger partial charge in [-0.3, -0.25) is 4.79 Å². The number of amides is 1. The second-order valence-electron chi connectivity index (χ2n) is 5.10. The Bertz CT molecular complexity index is 414. The maximum atomic E-state index is 12.3. The van der Waals surface area contributed by atoms with E-state index in [0.717, 1.165) is 38.1 Å². The Morgan fingerprint density at radius 2 is 2.05 bits per heavy atom. The third-order valence-corrected chi connectivity index (χ3v) is 3.64. The molecule has 0 saturated carbocycles. The lowest BCUT2D eigenvalue weighted by molar-refractivity contribution is -0.134. The van der Waals surface area contributed by atoms with Crippen LogP contribution in [0.5, 0.6) is 0 Å². The number of ether oxygens (including phenoxy) is 1. The summed E-state index contributed by atoms with van der Waals surface area (Å²) in [5.74, 6) is 0.0317. The van der Waals surface area contributed by atoms with Crippen molar-refractivity contribution in [2.75, 3.05) is 26.2 Å². The predicted molar refractivity (Wildman–Crippen MR) is 86.7 cm³/mol. The number of hydrogen-bond acceptors (Lipinski definition) is 3. The fourth-order valence-corrected chi connectivity index (χ4v) is 2.60. The Morgan fingerprint density at radius 3 is 2.76 bits per heavy atom. The van der Waals surface area contributed by atoms with Crippen LogP contribution < -0.4 is 10.6 Å². The van der Waals surface area contributed by atoms with E-state index in [1.807, 2.05) is 30.3 Å². The molecule has 2 rings (SSSR count). The first-order valence-electron chi connectivity index (χ1n) is 7.48. The van der Waals surface area contributed by atoms with Crippen molar-refractivity contribution >= 4 is 18.3 Å². The van der Waals surface area contributed by atoms with Crippen molar-refractivity contribution in [3.8, 4) is 0 Å². The molecule has 21 heavy (non-hydrogen) atoms. The highest BCUT2D eigenvalue weighted by molar-refractivity contribution is 5.85. The van der Waals surface area contributed by atoms with E-state index in [-0.39, 0.29) is 30.3 Å². The van der Waals surface area contributed by atoms with Crippen LogP contribution in [0.3, 0.4) is 0 Å². The molecule has 4 nitrogen and oxygen atoms in total. The van der Waals surface area contributed by atoms with Crippen molar-refractivity contribution in [2.45, 2.75) is 25.9 Å². The van der Waals surface area contributed by atoms with Gasteiger partial charge in [0.2, 0.25) is 5.91 Å². The summed E-state index contributed by atoms with van der Waals surface area (Å²) < 4.78 is 5.85. The molecular weight excluding hydrogens is 288 g/mol. The SMILES string of the molecule is CCNCCNC(=O)C1CCCOC1c1ccccc1.Cl. The molecule has 0 bridgehead atoms. The lowest BCUT2D eigenvalue weighted by Gasteiger charge is -2.31. The first kappa shape index (κ1) is 18.0. The standard InChI is InChI=1S/C16H24N2O2.ClH/c1-2-17-10-11-18-16(19)14-9-6-12-20-15(14)13-7-4-3-5-8-13;/h3-5,7-8,14-15,17H,2,6,9-12H2,1H3,(H,18,19);1H. The maximum absolute atomic E-state index is 12.3. The summed E-state index contributed by atoms with van der Waals surface area (Å²) in [4.78, 5) is 12.3. The van der Waals surface area contributed by atoms with Gasteiger partial charge < -0.3 is 15.4 Å². The lowest BCUT2D eigenvalue weighted by Crippen LogP contribution is -2.40. The van der Waals surface area contributed by atoms with Crippen molar-refractivity contribution in [3.05, 3.63) is 35.9 Å². The van der Waals surface area contributed by atoms with E-state index in [4.69, 9.17) is 4.74 Å². The van der Waals surface area contributed by atoms with E-state index in [1.165, 1.54) is 0 Å². The summed E-state index contributed by atoms with van der Waals surface area (Å²) in [5, 5.41) is 6.21. The fraction of sp³-hybridized carbons (Fsp3) is 0.562. The Morgan fingerprint density at radius 1 is 1.29 bits per heavy atom. The summed E-state index contributed by atoms with van der Waals surface area (Å²) in [5.41, 5.74) is 1.10. The smallest absolute Gasteiger partial charge is 0.226 e. The Kier molecular flexibility index (Phi) is 8.35. The van der Waals surface area contributed by atoms with Crippen molar-refractivity contribution in [1.29, 1.82) is 0 Å². The molecule has 0 radical (unpaired) electrons. The highest BCUT2D eigenvalue weighted by atomic mass is 35.5. The van der Waals surface area contributed by atoms with Gasteiger partial charge in [-0.25, -0.2) is 0 Å². The molecule has 1 fully saturated rings. The van der Waals surface area contributed by atoms with Crippen LogP contribution in [0.2, 0.25) is 0 Å². The molecule has 0 aromatic heterocycles. The van der Waals surface area contributed by atoms with Gasteiger partial charge in [0.05, 0.1) is 12.0 Å². The molecule has 1 aromatic rings. The number of likely N-dealkylation sites (N-methyl/N-ethyl adjacent to an activating group) is 1. The zero-order valence-electron chi connectivity index (χ0n) is 12.5. The van der Waals surface area contributed by atoms with Crippen LogP contribution in [0, 0.1) is 5.92 Å². The molecule has 118 valence electrons. The average molecular weight is 313 g/mol. The second-order valence-corrected chi connectivity index (χ2v) is 5.10. The van der Waals surface area contributed by atoms with Gasteiger partial charge in [-0.2, -0.15) is 0 Å². The molecule has 2 N–H and O–H groups in total. The molecule has 2 atom stereocenters. The van der Waals surface area contributed by atoms with Gasteiger partial charge in [0.15, 0.2) is 0 Å². The highest BCUT2D eigenvalue weighted by Gasteiger charge is 2.32. The van der Waals surface area contributed by atoms with E-state index >= 15 is 0 Å². The number of hydrogen-bond donors (Lipinski definition) is 2. The normalized spacial score (nSPS) is 21.4. The van der Waals surface area contributed by atoms with Crippen LogP contribution in [-0.4, -0.2) is 32.1 Å². The monoisotopic (exact) mass is 312 g/mol. The van der Waals surface area contributed by atoms with Crippen molar-refractivity contribution < 1.29 is 9.53 Å². The molecule has 5 heteroatoms. The van der Waals surface area contributed by atoms with Crippen LogP contribution in [0.15, 0.2) is 30.3 Å². The molecule has 1 amide bonds. The highest BCUT2D eigenvalue weighted by Crippen LogP contribution is 2.33. The summed E-state index contributed by atoms with van der Waals surface area (Å²) in [7, 11) is 0. The molecule has 0 aliphatic carbocycles. The fourth-order valence-electron chi connectivity index (χ4n) is 2.60.